The Balaban J connectivity index is 2.39. The van der Waals surface area contributed by atoms with E-state index in [1.54, 1.807) is 0 Å². The van der Waals surface area contributed by atoms with Gasteiger partial charge in [-0.05, 0) is 69.9 Å². The number of unbranched alkanes of at least 4 members (excludes halogenated alkanes) is 14. The molecule has 10 heteroatoms. The van der Waals surface area contributed by atoms with E-state index in [-0.39, 0.29) is 49.7 Å². The fourth-order valence-corrected chi connectivity index (χ4v) is 5.11. The number of hydrogen-bond acceptors (Lipinski definition) is 8. The molecule has 0 radical (unpaired) electrons. The molecule has 0 aliphatic rings. The molecule has 1 aromatic carbocycles. The summed E-state index contributed by atoms with van der Waals surface area (Å²) in [5.74, 6) is -0.521. The molecule has 0 aliphatic heterocycles. The van der Waals surface area contributed by atoms with Gasteiger partial charge in [-0.25, -0.2) is 4.79 Å². The molecular formula is C39H62N2O8. The van der Waals surface area contributed by atoms with Crippen LogP contribution in [-0.4, -0.2) is 54.2 Å². The molecule has 1 amide bonds. The van der Waals surface area contributed by atoms with Crippen LogP contribution in [0.25, 0.3) is 0 Å². The van der Waals surface area contributed by atoms with E-state index in [9.17, 15) is 24.5 Å². The maximum Gasteiger partial charge on any atom is 0.415 e. The van der Waals surface area contributed by atoms with Crippen molar-refractivity contribution in [2.24, 2.45) is 0 Å². The van der Waals surface area contributed by atoms with Gasteiger partial charge in [-0.15, -0.1) is 0 Å². The van der Waals surface area contributed by atoms with Crippen LogP contribution in [0.3, 0.4) is 0 Å². The lowest BCUT2D eigenvalue weighted by Crippen LogP contribution is -2.39. The first-order valence-corrected chi connectivity index (χ1v) is 18.7. The monoisotopic (exact) mass is 686 g/mol. The third-order valence-electron chi connectivity index (χ3n) is 8.06. The molecule has 10 nitrogen and oxygen atoms in total. The number of hydrogen-bond donors (Lipinski definition) is 0. The lowest BCUT2D eigenvalue weighted by molar-refractivity contribution is -0.384. The maximum absolute atomic E-state index is 12.9. The summed E-state index contributed by atoms with van der Waals surface area (Å²) in [5.41, 5.74) is -0.125. The predicted molar refractivity (Wildman–Crippen MR) is 195 cm³/mol. The van der Waals surface area contributed by atoms with Gasteiger partial charge < -0.3 is 19.1 Å². The van der Waals surface area contributed by atoms with E-state index in [4.69, 9.17) is 14.2 Å². The second-order valence-electron chi connectivity index (χ2n) is 12.4. The van der Waals surface area contributed by atoms with Gasteiger partial charge in [0.25, 0.3) is 5.69 Å². The van der Waals surface area contributed by atoms with Gasteiger partial charge in [-0.3, -0.25) is 19.7 Å². The minimum atomic E-state index is -0.737. The Morgan fingerprint density at radius 1 is 0.653 bits per heavy atom. The van der Waals surface area contributed by atoms with Gasteiger partial charge in [-0.2, -0.15) is 0 Å². The molecule has 276 valence electrons. The summed E-state index contributed by atoms with van der Waals surface area (Å²) < 4.78 is 16.1. The number of rotatable bonds is 30. The van der Waals surface area contributed by atoms with Crippen molar-refractivity contribution < 1.29 is 33.5 Å². The zero-order valence-electron chi connectivity index (χ0n) is 30.2. The van der Waals surface area contributed by atoms with Crippen molar-refractivity contribution in [3.05, 3.63) is 58.7 Å². The molecule has 0 N–H and O–H groups in total. The molecule has 0 saturated carbocycles. The smallest absolute Gasteiger partial charge is 0.415 e. The number of allylic oxidation sites excluding steroid dienone is 4. The van der Waals surface area contributed by atoms with Crippen molar-refractivity contribution in [3.63, 3.8) is 0 Å². The number of amides is 1. The van der Waals surface area contributed by atoms with E-state index in [2.05, 4.69) is 38.2 Å². The highest BCUT2D eigenvalue weighted by atomic mass is 16.6. The van der Waals surface area contributed by atoms with Gasteiger partial charge in [0.15, 0.2) is 0 Å². The highest BCUT2D eigenvalue weighted by Gasteiger charge is 2.18. The number of nitro benzene ring substituents is 1. The van der Waals surface area contributed by atoms with Gasteiger partial charge in [0.2, 0.25) is 0 Å². The molecule has 0 atom stereocenters. The first-order valence-electron chi connectivity index (χ1n) is 18.7. The largest absolute Gasteiger partial charge is 0.464 e. The highest BCUT2D eigenvalue weighted by molar-refractivity contribution is 5.72. The Kier molecular flexibility index (Phi) is 26.9. The zero-order chi connectivity index (χ0) is 35.8. The number of nitro groups is 1. The first-order chi connectivity index (χ1) is 23.9. The normalized spacial score (nSPS) is 11.2. The summed E-state index contributed by atoms with van der Waals surface area (Å²) in [7, 11) is 0. The number of carbonyl (C=O) groups is 3. The van der Waals surface area contributed by atoms with Gasteiger partial charge in [-0.1, -0.05) is 95.9 Å². The van der Waals surface area contributed by atoms with E-state index in [1.807, 2.05) is 0 Å². The zero-order valence-corrected chi connectivity index (χ0v) is 30.2. The van der Waals surface area contributed by atoms with Crippen molar-refractivity contribution in [3.8, 4) is 5.75 Å². The molecule has 0 saturated heterocycles. The molecule has 0 spiro atoms. The molecule has 0 heterocycles. The summed E-state index contributed by atoms with van der Waals surface area (Å²) in [4.78, 5) is 49.2. The summed E-state index contributed by atoms with van der Waals surface area (Å²) in [6.07, 6.45) is 28.7. The van der Waals surface area contributed by atoms with Crippen LogP contribution in [0, 0.1) is 10.1 Å². The molecule has 0 aliphatic carbocycles. The van der Waals surface area contributed by atoms with Crippen molar-refractivity contribution in [1.29, 1.82) is 0 Å². The maximum atomic E-state index is 12.9. The van der Waals surface area contributed by atoms with E-state index < -0.39 is 11.0 Å². The Bertz CT molecular complexity index is 1090. The SMILES string of the molecule is CC/C=C/CCCCCCCCCC(=O)OCCN(CCOC(=O)CCCC/C=C/CCCCCCC)C(=O)Oc1ccc([N+](=O)[O-])cc1. The Hall–Kier alpha value is -3.69. The van der Waals surface area contributed by atoms with Gasteiger partial charge in [0.1, 0.15) is 19.0 Å². The Morgan fingerprint density at radius 3 is 1.61 bits per heavy atom. The molecule has 1 rings (SSSR count). The minimum absolute atomic E-state index is 0.0269. The summed E-state index contributed by atoms with van der Waals surface area (Å²) in [6.45, 7) is 4.40. The molecule has 49 heavy (non-hydrogen) atoms. The Labute approximate surface area is 294 Å². The molecule has 0 fully saturated rings. The van der Waals surface area contributed by atoms with E-state index in [0.717, 1.165) is 57.8 Å². The van der Waals surface area contributed by atoms with Crippen LogP contribution in [0.15, 0.2) is 48.6 Å². The van der Waals surface area contributed by atoms with Crippen LogP contribution in [0.2, 0.25) is 0 Å². The van der Waals surface area contributed by atoms with Crippen molar-refractivity contribution in [1.82, 2.24) is 4.90 Å². The van der Waals surface area contributed by atoms with Crippen LogP contribution < -0.4 is 4.74 Å². The van der Waals surface area contributed by atoms with Crippen LogP contribution in [0.1, 0.15) is 142 Å². The molecular weight excluding hydrogens is 624 g/mol. The Morgan fingerprint density at radius 2 is 1.10 bits per heavy atom. The average Bonchev–Trinajstić information content (AvgIpc) is 3.09. The van der Waals surface area contributed by atoms with Crippen LogP contribution in [0.5, 0.6) is 5.75 Å². The number of esters is 2. The molecule has 0 bridgehead atoms. The quantitative estimate of drug-likeness (QED) is 0.0257. The van der Waals surface area contributed by atoms with Gasteiger partial charge in [0.05, 0.1) is 18.0 Å². The van der Waals surface area contributed by atoms with Gasteiger partial charge >= 0.3 is 18.0 Å². The molecule has 1 aromatic rings. The highest BCUT2D eigenvalue weighted by Crippen LogP contribution is 2.18. The van der Waals surface area contributed by atoms with E-state index in [0.29, 0.717) is 12.8 Å². The third-order valence-corrected chi connectivity index (χ3v) is 8.06. The number of non-ortho nitro benzene ring substituents is 1. The first kappa shape index (κ1) is 43.3. The van der Waals surface area contributed by atoms with Crippen LogP contribution >= 0.6 is 0 Å². The minimum Gasteiger partial charge on any atom is -0.464 e. The van der Waals surface area contributed by atoms with Crippen molar-refractivity contribution in [2.75, 3.05) is 26.3 Å². The number of ether oxygens (including phenoxy) is 3. The number of carbonyl (C=O) groups excluding carboxylic acids is 3. The fourth-order valence-electron chi connectivity index (χ4n) is 5.11. The van der Waals surface area contributed by atoms with E-state index >= 15 is 0 Å². The van der Waals surface area contributed by atoms with Crippen LogP contribution in [0.4, 0.5) is 10.5 Å². The summed E-state index contributed by atoms with van der Waals surface area (Å²) in [5, 5.41) is 10.9. The predicted octanol–water partition coefficient (Wildman–Crippen LogP) is 10.4. The molecule has 0 aromatic heterocycles. The van der Waals surface area contributed by atoms with Crippen molar-refractivity contribution >= 4 is 23.7 Å². The second-order valence-corrected chi connectivity index (χ2v) is 12.4. The third kappa shape index (κ3) is 25.0. The van der Waals surface area contributed by atoms with Gasteiger partial charge in [0, 0.05) is 25.0 Å². The average molecular weight is 687 g/mol. The number of benzene rings is 1. The topological polar surface area (TPSA) is 125 Å². The van der Waals surface area contributed by atoms with E-state index in [1.165, 1.54) is 87.0 Å². The van der Waals surface area contributed by atoms with Crippen LogP contribution in [-0.2, 0) is 19.1 Å². The second kappa shape index (κ2) is 30.4. The standard InChI is InChI=1S/C39H62N2O8/c1-3-5-7-9-11-13-15-17-19-21-23-25-37(42)47-33-31-40(39(44)49-36-29-27-35(28-30-36)41(45)46)32-34-48-38(43)26-24-22-20-18-16-14-12-10-8-6-4-2/h5,7,16,18,27-30H,3-4,6,8-15,17,19-26,31-34H2,1-2H3/b7-5+,18-16+. The van der Waals surface area contributed by atoms with Crippen molar-refractivity contribution in [2.45, 2.75) is 142 Å². The summed E-state index contributed by atoms with van der Waals surface area (Å²) >= 11 is 0. The fraction of sp³-hybridized carbons (Fsp3) is 0.667. The molecule has 0 unspecified atom stereocenters. The number of nitrogens with zero attached hydrogens (tertiary/aromatic N) is 2. The summed E-state index contributed by atoms with van der Waals surface area (Å²) in [6, 6.07) is 5.16. The lowest BCUT2D eigenvalue weighted by atomic mass is 10.1. The lowest BCUT2D eigenvalue weighted by Gasteiger charge is -2.21.